The van der Waals surface area contributed by atoms with Crippen molar-refractivity contribution in [2.75, 3.05) is 0 Å². The number of nitrogens with one attached hydrogen (secondary N) is 1. The maximum Gasteiger partial charge on any atom is 0.156 e. The van der Waals surface area contributed by atoms with Crippen molar-refractivity contribution in [3.8, 4) is 0 Å². The van der Waals surface area contributed by atoms with Gasteiger partial charge in [-0.25, -0.2) is 8.78 Å². The summed E-state index contributed by atoms with van der Waals surface area (Å²) in [7, 11) is 0. The Kier molecular flexibility index (Phi) is 4.56. The second-order valence-corrected chi connectivity index (χ2v) is 5.38. The van der Waals surface area contributed by atoms with Gasteiger partial charge in [0.15, 0.2) is 5.78 Å². The molecule has 1 aliphatic carbocycles. The highest BCUT2D eigenvalue weighted by Crippen LogP contribution is 2.39. The van der Waals surface area contributed by atoms with E-state index in [9.17, 15) is 18.8 Å². The van der Waals surface area contributed by atoms with Gasteiger partial charge in [-0.2, -0.15) is 5.48 Å². The van der Waals surface area contributed by atoms with Crippen molar-refractivity contribution < 1.29 is 18.8 Å². The Morgan fingerprint density at radius 2 is 1.86 bits per heavy atom. The van der Waals surface area contributed by atoms with Crippen molar-refractivity contribution in [2.45, 2.75) is 25.8 Å². The number of hydrogen-bond donors (Lipinski definition) is 2. The van der Waals surface area contributed by atoms with Gasteiger partial charge >= 0.3 is 0 Å². The van der Waals surface area contributed by atoms with Gasteiger partial charge in [-0.15, -0.1) is 0 Å². The average Bonchev–Trinajstić information content (AvgIpc) is 2.39. The molecule has 0 fully saturated rings. The van der Waals surface area contributed by atoms with Crippen LogP contribution in [0.4, 0.5) is 8.78 Å². The fourth-order valence-corrected chi connectivity index (χ4v) is 2.77. The molecule has 0 saturated heterocycles. The number of hydrogen-bond acceptors (Lipinski definition) is 3. The van der Waals surface area contributed by atoms with Gasteiger partial charge in [-0.05, 0) is 43.2 Å². The molecule has 2 atom stereocenters. The molecule has 0 aliphatic heterocycles. The highest BCUT2D eigenvalue weighted by molar-refractivity contribution is 6.32. The summed E-state index contributed by atoms with van der Waals surface area (Å²) in [6.45, 7) is 3.01. The van der Waals surface area contributed by atoms with E-state index in [2.05, 4.69) is 5.48 Å². The van der Waals surface area contributed by atoms with Crippen LogP contribution in [0, 0.1) is 11.6 Å². The van der Waals surface area contributed by atoms with Crippen molar-refractivity contribution in [2.24, 2.45) is 0 Å². The SMILES string of the molecule is CC(=O)C1=CC(Cl)=C(C)C(NO)C1c1cc(F)cc(F)c1. The van der Waals surface area contributed by atoms with Crippen molar-refractivity contribution in [1.82, 2.24) is 5.48 Å². The van der Waals surface area contributed by atoms with Crippen LogP contribution in [0.1, 0.15) is 25.3 Å². The lowest BCUT2D eigenvalue weighted by atomic mass is 9.77. The Morgan fingerprint density at radius 3 is 2.33 bits per heavy atom. The third-order valence-electron chi connectivity index (χ3n) is 3.58. The Balaban J connectivity index is 2.62. The van der Waals surface area contributed by atoms with Crippen molar-refractivity contribution >= 4 is 17.4 Å². The number of carbonyl (C=O) groups is 1. The van der Waals surface area contributed by atoms with Crippen molar-refractivity contribution in [3.63, 3.8) is 0 Å². The van der Waals surface area contributed by atoms with Crippen LogP contribution >= 0.6 is 11.6 Å². The van der Waals surface area contributed by atoms with Gasteiger partial charge in [0.25, 0.3) is 0 Å². The zero-order valence-electron chi connectivity index (χ0n) is 11.5. The summed E-state index contributed by atoms with van der Waals surface area (Å²) in [5, 5.41) is 9.70. The number of ketones is 1. The molecule has 112 valence electrons. The molecule has 0 amide bonds. The molecule has 0 spiro atoms. The first-order valence-corrected chi connectivity index (χ1v) is 6.67. The number of Topliss-reactive ketones (excluding diaryl/α,β-unsaturated/α-hetero) is 1. The minimum absolute atomic E-state index is 0.254. The third kappa shape index (κ3) is 3.05. The van der Waals surface area contributed by atoms with Gasteiger partial charge < -0.3 is 5.21 Å². The lowest BCUT2D eigenvalue weighted by Crippen LogP contribution is -2.38. The number of carbonyl (C=O) groups excluding carboxylic acids is 1. The van der Waals surface area contributed by atoms with Crippen LogP contribution in [0.25, 0.3) is 0 Å². The molecule has 6 heteroatoms. The molecule has 0 aromatic heterocycles. The summed E-state index contributed by atoms with van der Waals surface area (Å²) in [5.41, 5.74) is 3.19. The van der Waals surface area contributed by atoms with E-state index in [1.54, 1.807) is 6.92 Å². The van der Waals surface area contributed by atoms with Crippen molar-refractivity contribution in [1.29, 1.82) is 0 Å². The van der Waals surface area contributed by atoms with E-state index >= 15 is 0 Å². The van der Waals surface area contributed by atoms with E-state index in [1.807, 2.05) is 0 Å². The highest BCUT2D eigenvalue weighted by Gasteiger charge is 2.34. The fraction of sp³-hybridized carbons (Fsp3) is 0.267. The molecule has 3 nitrogen and oxygen atoms in total. The second kappa shape index (κ2) is 6.05. The first-order valence-electron chi connectivity index (χ1n) is 6.29. The Labute approximate surface area is 125 Å². The Morgan fingerprint density at radius 1 is 1.29 bits per heavy atom. The normalized spacial score (nSPS) is 22.3. The summed E-state index contributed by atoms with van der Waals surface area (Å²) in [6.07, 6.45) is 1.47. The van der Waals surface area contributed by atoms with Gasteiger partial charge in [0.05, 0.1) is 6.04 Å². The van der Waals surface area contributed by atoms with E-state index < -0.39 is 23.6 Å². The largest absolute Gasteiger partial charge is 0.316 e. The van der Waals surface area contributed by atoms with Crippen LogP contribution in [0.5, 0.6) is 0 Å². The molecular formula is C15H14ClF2NO2. The lowest BCUT2D eigenvalue weighted by Gasteiger charge is -2.32. The first-order chi connectivity index (χ1) is 9.85. The third-order valence-corrected chi connectivity index (χ3v) is 3.99. The first kappa shape index (κ1) is 15.8. The van der Waals surface area contributed by atoms with Crippen molar-refractivity contribution in [3.05, 3.63) is 57.7 Å². The van der Waals surface area contributed by atoms with Gasteiger partial charge in [0, 0.05) is 22.6 Å². The monoisotopic (exact) mass is 313 g/mol. The van der Waals surface area contributed by atoms with Crippen LogP contribution in [-0.4, -0.2) is 17.0 Å². The standard InChI is InChI=1S/C15H14ClF2NO2/c1-7-13(16)6-12(8(2)20)14(15(7)19-21)9-3-10(17)5-11(18)4-9/h3-6,14-15,19,21H,1-2H3. The van der Waals surface area contributed by atoms with E-state index in [0.29, 0.717) is 10.6 Å². The lowest BCUT2D eigenvalue weighted by molar-refractivity contribution is -0.114. The predicted octanol–water partition coefficient (Wildman–Crippen LogP) is 3.44. The van der Waals surface area contributed by atoms with E-state index in [-0.39, 0.29) is 16.9 Å². The predicted molar refractivity (Wildman–Crippen MR) is 75.1 cm³/mol. The quantitative estimate of drug-likeness (QED) is 0.840. The summed E-state index contributed by atoms with van der Waals surface area (Å²) in [4.78, 5) is 11.8. The molecule has 2 N–H and O–H groups in total. The summed E-state index contributed by atoms with van der Waals surface area (Å²) >= 11 is 6.05. The second-order valence-electron chi connectivity index (χ2n) is 4.97. The Bertz CT molecular complexity index is 635. The minimum atomic E-state index is -0.747. The number of halogens is 3. The molecule has 1 aromatic carbocycles. The van der Waals surface area contributed by atoms with Crippen LogP contribution in [0.15, 0.2) is 40.5 Å². The van der Waals surface area contributed by atoms with Crippen LogP contribution in [0.3, 0.4) is 0 Å². The molecule has 1 aliphatic rings. The molecule has 0 radical (unpaired) electrons. The smallest absolute Gasteiger partial charge is 0.156 e. The highest BCUT2D eigenvalue weighted by atomic mass is 35.5. The molecule has 21 heavy (non-hydrogen) atoms. The number of rotatable bonds is 3. The zero-order chi connectivity index (χ0) is 15.7. The molecule has 2 rings (SSSR count). The van der Waals surface area contributed by atoms with Gasteiger partial charge in [0.1, 0.15) is 11.6 Å². The van der Waals surface area contributed by atoms with E-state index in [0.717, 1.165) is 18.2 Å². The Hall–Kier alpha value is -1.56. The molecule has 1 aromatic rings. The maximum absolute atomic E-state index is 13.5. The summed E-state index contributed by atoms with van der Waals surface area (Å²) < 4.78 is 26.9. The van der Waals surface area contributed by atoms with Crippen LogP contribution in [0.2, 0.25) is 0 Å². The minimum Gasteiger partial charge on any atom is -0.316 e. The van der Waals surface area contributed by atoms with Gasteiger partial charge in [-0.1, -0.05) is 11.6 Å². The maximum atomic E-state index is 13.5. The topological polar surface area (TPSA) is 49.3 Å². The molecule has 0 heterocycles. The molecule has 2 unspecified atom stereocenters. The van der Waals surface area contributed by atoms with Crippen LogP contribution in [-0.2, 0) is 4.79 Å². The fourth-order valence-electron chi connectivity index (χ4n) is 2.54. The summed E-state index contributed by atoms with van der Waals surface area (Å²) in [5.74, 6) is -2.50. The average molecular weight is 314 g/mol. The zero-order valence-corrected chi connectivity index (χ0v) is 12.2. The molecule has 0 bridgehead atoms. The number of hydroxylamine groups is 1. The molecular weight excluding hydrogens is 300 g/mol. The van der Waals surface area contributed by atoms with E-state index in [4.69, 9.17) is 11.6 Å². The number of benzene rings is 1. The van der Waals surface area contributed by atoms with Gasteiger partial charge in [0.2, 0.25) is 0 Å². The van der Waals surface area contributed by atoms with Gasteiger partial charge in [-0.3, -0.25) is 4.79 Å². The number of allylic oxidation sites excluding steroid dienone is 2. The summed E-state index contributed by atoms with van der Waals surface area (Å²) in [6, 6.07) is 2.30. The molecule has 0 saturated carbocycles. The van der Waals surface area contributed by atoms with E-state index in [1.165, 1.54) is 13.0 Å². The van der Waals surface area contributed by atoms with Crippen LogP contribution < -0.4 is 5.48 Å².